The molecule has 3 aliphatic rings. The van der Waals surface area contributed by atoms with Crippen LogP contribution in [0.1, 0.15) is 64.8 Å². The van der Waals surface area contributed by atoms with Gasteiger partial charge in [-0.25, -0.2) is 9.49 Å². The number of nitrogens with zero attached hydrogens (tertiary/aromatic N) is 3. The number of amides is 1. The molecule has 2 aliphatic carbocycles. The number of piperazine rings is 1. The van der Waals surface area contributed by atoms with Crippen LogP contribution in [0.25, 0.3) is 0 Å². The summed E-state index contributed by atoms with van der Waals surface area (Å²) < 4.78 is 14.6. The van der Waals surface area contributed by atoms with Crippen LogP contribution < -0.4 is 5.56 Å². The van der Waals surface area contributed by atoms with Gasteiger partial charge in [0.25, 0.3) is 11.5 Å². The summed E-state index contributed by atoms with van der Waals surface area (Å²) in [5, 5.41) is 6.90. The van der Waals surface area contributed by atoms with Crippen LogP contribution in [0.3, 0.4) is 0 Å². The molecule has 1 amide bonds. The maximum atomic E-state index is 14.6. The van der Waals surface area contributed by atoms with Crippen LogP contribution in [0.4, 0.5) is 4.39 Å². The second-order valence-corrected chi connectivity index (χ2v) is 9.52. The molecule has 2 fully saturated rings. The number of rotatable bonds is 6. The molecule has 6 nitrogen and oxygen atoms in total. The number of halogens is 1. The van der Waals surface area contributed by atoms with E-state index in [0.717, 1.165) is 73.6 Å². The molecule has 32 heavy (non-hydrogen) atoms. The normalized spacial score (nSPS) is 19.1. The first-order valence-electron chi connectivity index (χ1n) is 12.0. The van der Waals surface area contributed by atoms with Gasteiger partial charge in [-0.2, -0.15) is 5.10 Å². The molecule has 5 rings (SSSR count). The van der Waals surface area contributed by atoms with E-state index in [1.165, 1.54) is 25.3 Å². The average molecular weight is 439 g/mol. The van der Waals surface area contributed by atoms with Crippen molar-refractivity contribution in [2.45, 2.75) is 51.4 Å². The molecule has 2 aromatic rings. The largest absolute Gasteiger partial charge is 0.336 e. The van der Waals surface area contributed by atoms with Crippen molar-refractivity contribution in [3.63, 3.8) is 0 Å². The minimum atomic E-state index is -0.480. The van der Waals surface area contributed by atoms with Crippen molar-refractivity contribution in [3.05, 3.63) is 62.3 Å². The highest BCUT2D eigenvalue weighted by atomic mass is 19.1. The summed E-state index contributed by atoms with van der Waals surface area (Å²) in [4.78, 5) is 29.4. The van der Waals surface area contributed by atoms with E-state index in [4.69, 9.17) is 0 Å². The van der Waals surface area contributed by atoms with Gasteiger partial charge in [-0.3, -0.25) is 14.5 Å². The zero-order chi connectivity index (χ0) is 22.1. The number of H-pyrrole nitrogens is 1. The average Bonchev–Trinajstić information content (AvgIpc) is 3.65. The Labute approximate surface area is 187 Å². The zero-order valence-electron chi connectivity index (χ0n) is 18.5. The molecule has 1 N–H and O–H groups in total. The number of carbonyl (C=O) groups is 1. The van der Waals surface area contributed by atoms with E-state index in [0.29, 0.717) is 19.5 Å². The van der Waals surface area contributed by atoms with E-state index < -0.39 is 5.82 Å². The topological polar surface area (TPSA) is 69.3 Å². The second-order valence-electron chi connectivity index (χ2n) is 9.52. The van der Waals surface area contributed by atoms with E-state index >= 15 is 0 Å². The predicted octanol–water partition coefficient (Wildman–Crippen LogP) is 2.94. The quantitative estimate of drug-likeness (QED) is 0.753. The number of nitrogens with one attached hydrogen (secondary N) is 1. The van der Waals surface area contributed by atoms with Crippen molar-refractivity contribution in [1.29, 1.82) is 0 Å². The van der Waals surface area contributed by atoms with E-state index in [-0.39, 0.29) is 17.0 Å². The highest BCUT2D eigenvalue weighted by Crippen LogP contribution is 2.32. The van der Waals surface area contributed by atoms with Crippen molar-refractivity contribution in [3.8, 4) is 0 Å². The molecule has 0 atom stereocenters. The van der Waals surface area contributed by atoms with Gasteiger partial charge in [0.1, 0.15) is 5.82 Å². The molecule has 0 unspecified atom stereocenters. The Morgan fingerprint density at radius 3 is 2.59 bits per heavy atom. The monoisotopic (exact) mass is 438 g/mol. The van der Waals surface area contributed by atoms with Crippen LogP contribution in [-0.4, -0.2) is 58.6 Å². The highest BCUT2D eigenvalue weighted by Gasteiger charge is 2.27. The van der Waals surface area contributed by atoms with Crippen LogP contribution in [0.2, 0.25) is 0 Å². The van der Waals surface area contributed by atoms with Crippen LogP contribution >= 0.6 is 0 Å². The molecule has 1 aromatic carbocycles. The van der Waals surface area contributed by atoms with E-state index in [1.54, 1.807) is 17.0 Å². The number of benzene rings is 1. The Morgan fingerprint density at radius 1 is 1.09 bits per heavy atom. The minimum Gasteiger partial charge on any atom is -0.336 e. The lowest BCUT2D eigenvalue weighted by Gasteiger charge is -2.35. The number of carbonyl (C=O) groups excluding carboxylic acids is 1. The summed E-state index contributed by atoms with van der Waals surface area (Å²) in [5.74, 6) is 0.197. The molecule has 1 aliphatic heterocycles. The Balaban J connectivity index is 1.28. The van der Waals surface area contributed by atoms with Crippen molar-refractivity contribution in [2.24, 2.45) is 5.92 Å². The lowest BCUT2D eigenvalue weighted by atomic mass is 9.90. The van der Waals surface area contributed by atoms with Crippen molar-refractivity contribution in [1.82, 2.24) is 20.0 Å². The van der Waals surface area contributed by atoms with Gasteiger partial charge in [0, 0.05) is 38.2 Å². The fourth-order valence-electron chi connectivity index (χ4n) is 5.03. The fourth-order valence-corrected chi connectivity index (χ4v) is 5.03. The number of hydrogen-bond acceptors (Lipinski definition) is 4. The maximum absolute atomic E-state index is 14.6. The molecule has 0 bridgehead atoms. The molecule has 2 heterocycles. The minimum absolute atomic E-state index is 0.102. The Hall–Kier alpha value is -2.54. The number of fused-ring (bicyclic) bond motifs is 1. The molecule has 1 saturated heterocycles. The summed E-state index contributed by atoms with van der Waals surface area (Å²) in [5.41, 5.74) is 3.55. The molecule has 0 radical (unpaired) electrons. The smallest absolute Gasteiger partial charge is 0.267 e. The van der Waals surface area contributed by atoms with Gasteiger partial charge in [0.05, 0.1) is 11.3 Å². The third-order valence-electron chi connectivity index (χ3n) is 7.23. The molecule has 1 aromatic heterocycles. The third kappa shape index (κ3) is 4.63. The van der Waals surface area contributed by atoms with Gasteiger partial charge < -0.3 is 4.90 Å². The summed E-state index contributed by atoms with van der Waals surface area (Å²) in [6.45, 7) is 4.09. The Bertz CT molecular complexity index is 1050. The maximum Gasteiger partial charge on any atom is 0.267 e. The summed E-state index contributed by atoms with van der Waals surface area (Å²) in [6.07, 6.45) is 8.16. The third-order valence-corrected chi connectivity index (χ3v) is 7.23. The summed E-state index contributed by atoms with van der Waals surface area (Å²) in [7, 11) is 0. The number of aromatic nitrogens is 2. The van der Waals surface area contributed by atoms with Gasteiger partial charge >= 0.3 is 0 Å². The highest BCUT2D eigenvalue weighted by molar-refractivity contribution is 5.94. The van der Waals surface area contributed by atoms with Crippen molar-refractivity contribution >= 4 is 5.91 Å². The molecule has 170 valence electrons. The van der Waals surface area contributed by atoms with E-state index in [1.807, 2.05) is 0 Å². The lowest BCUT2D eigenvalue weighted by molar-refractivity contribution is 0.0629. The fraction of sp³-hybridized carbons (Fsp3) is 0.560. The molecular formula is C25H31FN4O2. The number of aromatic amines is 1. The van der Waals surface area contributed by atoms with Crippen LogP contribution in [0.5, 0.6) is 0 Å². The Kier molecular flexibility index (Phi) is 6.09. The first kappa shape index (κ1) is 21.3. The lowest BCUT2D eigenvalue weighted by Crippen LogP contribution is -2.49. The second kappa shape index (κ2) is 9.14. The first-order chi connectivity index (χ1) is 15.6. The zero-order valence-corrected chi connectivity index (χ0v) is 18.5. The summed E-state index contributed by atoms with van der Waals surface area (Å²) >= 11 is 0. The van der Waals surface area contributed by atoms with Crippen molar-refractivity contribution in [2.75, 3.05) is 32.7 Å². The Morgan fingerprint density at radius 2 is 1.84 bits per heavy atom. The molecular weight excluding hydrogens is 407 g/mol. The number of hydrogen-bond donors (Lipinski definition) is 1. The molecule has 1 saturated carbocycles. The van der Waals surface area contributed by atoms with Crippen LogP contribution in [-0.2, 0) is 19.3 Å². The first-order valence-corrected chi connectivity index (χ1v) is 12.0. The van der Waals surface area contributed by atoms with E-state index in [2.05, 4.69) is 15.1 Å². The van der Waals surface area contributed by atoms with Gasteiger partial charge in [0.2, 0.25) is 0 Å². The summed E-state index contributed by atoms with van der Waals surface area (Å²) in [6, 6.07) is 4.76. The van der Waals surface area contributed by atoms with Gasteiger partial charge in [-0.05, 0) is 67.8 Å². The SMILES string of the molecule is O=C(c1cc(Cc2n[nH]c(=O)c3c2CCCC3)ccc1F)N1CCN(CCC2CC2)CC1. The van der Waals surface area contributed by atoms with Gasteiger partial charge in [0.15, 0.2) is 0 Å². The van der Waals surface area contributed by atoms with Crippen molar-refractivity contribution < 1.29 is 9.18 Å². The van der Waals surface area contributed by atoms with Gasteiger partial charge in [-0.1, -0.05) is 18.9 Å². The molecule has 0 spiro atoms. The van der Waals surface area contributed by atoms with E-state index in [9.17, 15) is 14.0 Å². The van der Waals surface area contributed by atoms with Crippen LogP contribution in [0, 0.1) is 11.7 Å². The standard InChI is InChI=1S/C25H31FN4O2/c26-22-8-7-18(16-23-19-3-1-2-4-20(19)24(31)28-27-23)15-21(22)25(32)30-13-11-29(12-14-30)10-9-17-5-6-17/h7-8,15,17H,1-6,9-14,16H2,(H,28,31). The van der Waals surface area contributed by atoms with Gasteiger partial charge in [-0.15, -0.1) is 0 Å². The van der Waals surface area contributed by atoms with Crippen LogP contribution in [0.15, 0.2) is 23.0 Å². The predicted molar refractivity (Wildman–Crippen MR) is 120 cm³/mol. The molecule has 7 heteroatoms.